The molecule has 1 heterocycles. The first kappa shape index (κ1) is 15.0. The van der Waals surface area contributed by atoms with E-state index in [4.69, 9.17) is 0 Å². The van der Waals surface area contributed by atoms with Gasteiger partial charge in [-0.3, -0.25) is 9.78 Å². The maximum Gasteiger partial charge on any atom is 0.222 e. The number of rotatable bonds is 5. The normalized spacial score (nSPS) is 22.5. The molecule has 0 spiro atoms. The Hall–Kier alpha value is -1.42. The minimum atomic E-state index is 0.259. The number of aryl methyl sites for hydroxylation is 1. The molecule has 0 aliphatic heterocycles. The van der Waals surface area contributed by atoms with Crippen LogP contribution in [0.4, 0.5) is 0 Å². The summed E-state index contributed by atoms with van der Waals surface area (Å²) in [7, 11) is 3.98. The number of aromatic nitrogens is 1. The highest BCUT2D eigenvalue weighted by molar-refractivity contribution is 5.76. The Morgan fingerprint density at radius 2 is 1.95 bits per heavy atom. The van der Waals surface area contributed by atoms with Crippen LogP contribution in [0.15, 0.2) is 24.5 Å². The fourth-order valence-electron chi connectivity index (χ4n) is 2.93. The summed E-state index contributed by atoms with van der Waals surface area (Å²) in [6.07, 6.45) is 9.52. The summed E-state index contributed by atoms with van der Waals surface area (Å²) in [5.74, 6) is 0.259. The lowest BCUT2D eigenvalue weighted by molar-refractivity contribution is -0.132. The van der Waals surface area contributed by atoms with Crippen LogP contribution in [0.2, 0.25) is 0 Å². The molecule has 110 valence electrons. The first-order valence-electron chi connectivity index (χ1n) is 7.52. The van der Waals surface area contributed by atoms with E-state index < -0.39 is 0 Å². The van der Waals surface area contributed by atoms with Crippen LogP contribution >= 0.6 is 0 Å². The molecule has 4 nitrogen and oxygen atoms in total. The second-order valence-electron chi connectivity index (χ2n) is 5.65. The van der Waals surface area contributed by atoms with Gasteiger partial charge in [-0.25, -0.2) is 0 Å². The van der Waals surface area contributed by atoms with Gasteiger partial charge in [0.25, 0.3) is 0 Å². The molecule has 0 saturated heterocycles. The molecule has 1 aliphatic rings. The Morgan fingerprint density at radius 1 is 1.30 bits per heavy atom. The van der Waals surface area contributed by atoms with Gasteiger partial charge in [-0.2, -0.15) is 0 Å². The van der Waals surface area contributed by atoms with Crippen LogP contribution in [-0.2, 0) is 11.2 Å². The SMILES string of the molecule is CNC1CCC(N(C)C(=O)CCc2ccncc2)CC1. The van der Waals surface area contributed by atoms with Crippen molar-refractivity contribution >= 4 is 5.91 Å². The Morgan fingerprint density at radius 3 is 2.55 bits per heavy atom. The Bertz CT molecular complexity index is 413. The molecule has 0 atom stereocenters. The number of hydrogen-bond donors (Lipinski definition) is 1. The summed E-state index contributed by atoms with van der Waals surface area (Å²) < 4.78 is 0. The van der Waals surface area contributed by atoms with Crippen molar-refractivity contribution in [1.82, 2.24) is 15.2 Å². The van der Waals surface area contributed by atoms with Gasteiger partial charge in [0.15, 0.2) is 0 Å². The summed E-state index contributed by atoms with van der Waals surface area (Å²) in [6.45, 7) is 0. The average molecular weight is 275 g/mol. The molecule has 1 fully saturated rings. The third-order valence-corrected chi connectivity index (χ3v) is 4.42. The zero-order chi connectivity index (χ0) is 14.4. The van der Waals surface area contributed by atoms with Crippen LogP contribution < -0.4 is 5.32 Å². The van der Waals surface area contributed by atoms with E-state index in [1.54, 1.807) is 12.4 Å². The molecule has 1 aromatic rings. The van der Waals surface area contributed by atoms with Crippen LogP contribution in [0.5, 0.6) is 0 Å². The summed E-state index contributed by atoms with van der Waals surface area (Å²) >= 11 is 0. The lowest BCUT2D eigenvalue weighted by Crippen LogP contribution is -2.42. The van der Waals surface area contributed by atoms with Crippen molar-refractivity contribution in [2.24, 2.45) is 0 Å². The third kappa shape index (κ3) is 4.04. The number of hydrogen-bond acceptors (Lipinski definition) is 3. The van der Waals surface area contributed by atoms with Crippen molar-refractivity contribution in [3.63, 3.8) is 0 Å². The maximum absolute atomic E-state index is 12.3. The zero-order valence-corrected chi connectivity index (χ0v) is 12.5. The smallest absolute Gasteiger partial charge is 0.222 e. The molecule has 0 bridgehead atoms. The minimum Gasteiger partial charge on any atom is -0.343 e. The predicted octanol–water partition coefficient (Wildman–Crippen LogP) is 2.00. The Kier molecular flexibility index (Phi) is 5.53. The van der Waals surface area contributed by atoms with Crippen molar-refractivity contribution < 1.29 is 4.79 Å². The molecule has 4 heteroatoms. The molecule has 1 N–H and O–H groups in total. The lowest BCUT2D eigenvalue weighted by atomic mass is 9.90. The number of amides is 1. The molecule has 2 rings (SSSR count). The van der Waals surface area contributed by atoms with Gasteiger partial charge in [0, 0.05) is 37.9 Å². The highest BCUT2D eigenvalue weighted by atomic mass is 16.2. The van der Waals surface area contributed by atoms with E-state index in [0.29, 0.717) is 18.5 Å². The second kappa shape index (κ2) is 7.39. The van der Waals surface area contributed by atoms with E-state index in [2.05, 4.69) is 10.3 Å². The summed E-state index contributed by atoms with van der Waals surface area (Å²) in [5.41, 5.74) is 1.18. The number of pyridine rings is 1. The largest absolute Gasteiger partial charge is 0.343 e. The van der Waals surface area contributed by atoms with Gasteiger partial charge in [0.2, 0.25) is 5.91 Å². The highest BCUT2D eigenvalue weighted by Gasteiger charge is 2.25. The quantitative estimate of drug-likeness (QED) is 0.894. The van der Waals surface area contributed by atoms with Crippen LogP contribution in [0.25, 0.3) is 0 Å². The molecule has 1 aromatic heterocycles. The van der Waals surface area contributed by atoms with Crippen molar-refractivity contribution in [3.8, 4) is 0 Å². The van der Waals surface area contributed by atoms with Gasteiger partial charge >= 0.3 is 0 Å². The fraction of sp³-hybridized carbons (Fsp3) is 0.625. The van der Waals surface area contributed by atoms with Crippen LogP contribution in [0.1, 0.15) is 37.7 Å². The van der Waals surface area contributed by atoms with E-state index in [1.165, 1.54) is 18.4 Å². The molecular formula is C16H25N3O. The van der Waals surface area contributed by atoms with Gasteiger partial charge in [0.05, 0.1) is 0 Å². The minimum absolute atomic E-state index is 0.259. The van der Waals surface area contributed by atoms with Gasteiger partial charge in [-0.1, -0.05) is 0 Å². The first-order valence-corrected chi connectivity index (χ1v) is 7.52. The third-order valence-electron chi connectivity index (χ3n) is 4.42. The van der Waals surface area contributed by atoms with Crippen molar-refractivity contribution in [2.75, 3.05) is 14.1 Å². The van der Waals surface area contributed by atoms with Crippen molar-refractivity contribution in [2.45, 2.75) is 50.6 Å². The van der Waals surface area contributed by atoms with Crippen LogP contribution in [0.3, 0.4) is 0 Å². The average Bonchev–Trinajstić information content (AvgIpc) is 2.53. The van der Waals surface area contributed by atoms with E-state index in [1.807, 2.05) is 31.1 Å². The van der Waals surface area contributed by atoms with Gasteiger partial charge in [-0.15, -0.1) is 0 Å². The predicted molar refractivity (Wildman–Crippen MR) is 80.4 cm³/mol. The Balaban J connectivity index is 1.77. The van der Waals surface area contributed by atoms with Crippen LogP contribution in [-0.4, -0.2) is 42.0 Å². The van der Waals surface area contributed by atoms with Gasteiger partial charge in [0.1, 0.15) is 0 Å². The number of carbonyl (C=O) groups is 1. The number of nitrogens with zero attached hydrogens (tertiary/aromatic N) is 2. The van der Waals surface area contributed by atoms with Crippen molar-refractivity contribution in [3.05, 3.63) is 30.1 Å². The Labute approximate surface area is 121 Å². The van der Waals surface area contributed by atoms with Crippen molar-refractivity contribution in [1.29, 1.82) is 0 Å². The molecule has 0 aromatic carbocycles. The van der Waals surface area contributed by atoms with Gasteiger partial charge in [-0.05, 0) is 56.8 Å². The van der Waals surface area contributed by atoms with E-state index in [9.17, 15) is 4.79 Å². The molecule has 0 radical (unpaired) electrons. The van der Waals surface area contributed by atoms with E-state index in [-0.39, 0.29) is 5.91 Å². The van der Waals surface area contributed by atoms with Gasteiger partial charge < -0.3 is 10.2 Å². The van der Waals surface area contributed by atoms with E-state index in [0.717, 1.165) is 19.3 Å². The monoisotopic (exact) mass is 275 g/mol. The van der Waals surface area contributed by atoms with Crippen LogP contribution in [0, 0.1) is 0 Å². The molecular weight excluding hydrogens is 250 g/mol. The first-order chi connectivity index (χ1) is 9.70. The topological polar surface area (TPSA) is 45.2 Å². The molecule has 1 amide bonds. The second-order valence-corrected chi connectivity index (χ2v) is 5.65. The molecule has 1 aliphatic carbocycles. The maximum atomic E-state index is 12.3. The molecule has 0 unspecified atom stereocenters. The number of nitrogens with one attached hydrogen (secondary N) is 1. The summed E-state index contributed by atoms with van der Waals surface area (Å²) in [4.78, 5) is 18.2. The number of carbonyl (C=O) groups excluding carboxylic acids is 1. The zero-order valence-electron chi connectivity index (χ0n) is 12.5. The summed E-state index contributed by atoms with van der Waals surface area (Å²) in [6, 6.07) is 5.01. The highest BCUT2D eigenvalue weighted by Crippen LogP contribution is 2.22. The fourth-order valence-corrected chi connectivity index (χ4v) is 2.93. The standard InChI is InChI=1S/C16H25N3O/c1-17-14-4-6-15(7-5-14)19(2)16(20)8-3-13-9-11-18-12-10-13/h9-12,14-15,17H,3-8H2,1-2H3. The molecule has 20 heavy (non-hydrogen) atoms. The molecule has 1 saturated carbocycles. The summed E-state index contributed by atoms with van der Waals surface area (Å²) in [5, 5.41) is 3.33. The lowest BCUT2D eigenvalue weighted by Gasteiger charge is -2.34. The van der Waals surface area contributed by atoms with E-state index >= 15 is 0 Å².